The standard InChI is InChI=1S/C24H23ClN4O/c1-16-21(25)9-5-10-22(16)28-24(30)27-14-19(17-7-6-12-26-13-17)20-15-29(2)23-11-4-3-8-18(20)23/h3-13,15,19H,14H2,1-2H3,(H2,27,28,30)/t19-/m0/s1. The van der Waals surface area contributed by atoms with Gasteiger partial charge in [0.1, 0.15) is 0 Å². The third-order valence-electron chi connectivity index (χ3n) is 5.37. The summed E-state index contributed by atoms with van der Waals surface area (Å²) in [6.07, 6.45) is 5.74. The number of aryl methyl sites for hydroxylation is 1. The molecule has 0 radical (unpaired) electrons. The van der Waals surface area contributed by atoms with Crippen molar-refractivity contribution in [2.45, 2.75) is 12.8 Å². The number of para-hydroxylation sites is 1. The number of amides is 2. The second-order valence-electron chi connectivity index (χ2n) is 7.30. The van der Waals surface area contributed by atoms with E-state index in [0.29, 0.717) is 17.3 Å². The summed E-state index contributed by atoms with van der Waals surface area (Å²) in [6.45, 7) is 2.32. The van der Waals surface area contributed by atoms with Gasteiger partial charge in [0.25, 0.3) is 0 Å². The van der Waals surface area contributed by atoms with Gasteiger partial charge in [0.15, 0.2) is 0 Å². The van der Waals surface area contributed by atoms with E-state index in [1.54, 1.807) is 12.3 Å². The minimum Gasteiger partial charge on any atom is -0.350 e. The van der Waals surface area contributed by atoms with Gasteiger partial charge in [0, 0.05) is 59.7 Å². The molecule has 2 amide bonds. The van der Waals surface area contributed by atoms with Crippen LogP contribution in [0.1, 0.15) is 22.6 Å². The molecule has 4 rings (SSSR count). The number of nitrogens with zero attached hydrogens (tertiary/aromatic N) is 2. The molecule has 2 aromatic heterocycles. The summed E-state index contributed by atoms with van der Waals surface area (Å²) in [5, 5.41) is 7.71. The van der Waals surface area contributed by atoms with Gasteiger partial charge in [0.2, 0.25) is 0 Å². The molecule has 2 N–H and O–H groups in total. The SMILES string of the molecule is Cc1c(Cl)cccc1NC(=O)NC[C@@H](c1cccnc1)c1cn(C)c2ccccc12. The summed E-state index contributed by atoms with van der Waals surface area (Å²) >= 11 is 6.16. The Morgan fingerprint density at radius 3 is 2.77 bits per heavy atom. The zero-order chi connectivity index (χ0) is 21.1. The van der Waals surface area contributed by atoms with Crippen molar-refractivity contribution in [3.8, 4) is 0 Å². The minimum atomic E-state index is -0.269. The molecule has 0 unspecified atom stereocenters. The highest BCUT2D eigenvalue weighted by atomic mass is 35.5. The summed E-state index contributed by atoms with van der Waals surface area (Å²) < 4.78 is 2.11. The highest BCUT2D eigenvalue weighted by Crippen LogP contribution is 2.31. The second-order valence-corrected chi connectivity index (χ2v) is 7.71. The molecule has 0 aliphatic rings. The van der Waals surface area contributed by atoms with Gasteiger partial charge in [-0.2, -0.15) is 0 Å². The van der Waals surface area contributed by atoms with Crippen molar-refractivity contribution in [2.75, 3.05) is 11.9 Å². The van der Waals surface area contributed by atoms with Gasteiger partial charge in [-0.15, -0.1) is 0 Å². The first-order valence-electron chi connectivity index (χ1n) is 9.78. The van der Waals surface area contributed by atoms with Crippen molar-refractivity contribution in [3.63, 3.8) is 0 Å². The number of carbonyl (C=O) groups is 1. The lowest BCUT2D eigenvalue weighted by Crippen LogP contribution is -2.33. The van der Waals surface area contributed by atoms with E-state index >= 15 is 0 Å². The molecular weight excluding hydrogens is 396 g/mol. The molecule has 0 bridgehead atoms. The van der Waals surface area contributed by atoms with Crippen molar-refractivity contribution in [2.24, 2.45) is 7.05 Å². The van der Waals surface area contributed by atoms with Crippen molar-refractivity contribution >= 4 is 34.2 Å². The summed E-state index contributed by atoms with van der Waals surface area (Å²) in [4.78, 5) is 16.9. The third kappa shape index (κ3) is 4.02. The Morgan fingerprint density at radius 2 is 1.97 bits per heavy atom. The first-order chi connectivity index (χ1) is 14.5. The zero-order valence-corrected chi connectivity index (χ0v) is 17.6. The van der Waals surface area contributed by atoms with Crippen LogP contribution in [0.4, 0.5) is 10.5 Å². The van der Waals surface area contributed by atoms with Crippen LogP contribution in [0.15, 0.2) is 73.2 Å². The number of halogens is 1. The number of aromatic nitrogens is 2. The van der Waals surface area contributed by atoms with Gasteiger partial charge in [-0.3, -0.25) is 4.98 Å². The van der Waals surface area contributed by atoms with Crippen LogP contribution < -0.4 is 10.6 Å². The van der Waals surface area contributed by atoms with Gasteiger partial charge >= 0.3 is 6.03 Å². The Labute approximate surface area is 180 Å². The molecule has 4 aromatic rings. The number of carbonyl (C=O) groups excluding carboxylic acids is 1. The lowest BCUT2D eigenvalue weighted by molar-refractivity contribution is 0.252. The van der Waals surface area contributed by atoms with Crippen molar-refractivity contribution < 1.29 is 4.79 Å². The molecule has 0 saturated carbocycles. The van der Waals surface area contributed by atoms with Crippen LogP contribution in [-0.2, 0) is 7.05 Å². The van der Waals surface area contributed by atoms with E-state index in [2.05, 4.69) is 38.5 Å². The van der Waals surface area contributed by atoms with Gasteiger partial charge in [-0.25, -0.2) is 4.79 Å². The Morgan fingerprint density at radius 1 is 1.13 bits per heavy atom. The maximum atomic E-state index is 12.6. The van der Waals surface area contributed by atoms with E-state index in [4.69, 9.17) is 11.6 Å². The Bertz CT molecular complexity index is 1190. The lowest BCUT2D eigenvalue weighted by atomic mass is 9.92. The Hall–Kier alpha value is -3.31. The minimum absolute atomic E-state index is 0.0315. The normalized spacial score (nSPS) is 12.0. The molecule has 1 atom stereocenters. The molecule has 5 nitrogen and oxygen atoms in total. The average molecular weight is 419 g/mol. The first-order valence-corrected chi connectivity index (χ1v) is 10.2. The van der Waals surface area contributed by atoms with Crippen molar-refractivity contribution in [3.05, 3.63) is 94.9 Å². The number of fused-ring (bicyclic) bond motifs is 1. The largest absolute Gasteiger partial charge is 0.350 e. The smallest absolute Gasteiger partial charge is 0.319 e. The number of rotatable bonds is 5. The predicted octanol–water partition coefficient (Wildman–Crippen LogP) is 5.49. The van der Waals surface area contributed by atoms with Crippen LogP contribution in [0.25, 0.3) is 10.9 Å². The maximum Gasteiger partial charge on any atom is 0.319 e. The van der Waals surface area contributed by atoms with E-state index < -0.39 is 0 Å². The fraction of sp³-hybridized carbons (Fsp3) is 0.167. The van der Waals surface area contributed by atoms with Crippen molar-refractivity contribution in [1.29, 1.82) is 0 Å². The summed E-state index contributed by atoms with van der Waals surface area (Å²) in [7, 11) is 2.04. The highest BCUT2D eigenvalue weighted by Gasteiger charge is 2.20. The Balaban J connectivity index is 1.60. The first kappa shape index (κ1) is 20.0. The Kier molecular flexibility index (Phi) is 5.72. The molecular formula is C24H23ClN4O. The van der Waals surface area contributed by atoms with E-state index in [-0.39, 0.29) is 11.9 Å². The van der Waals surface area contributed by atoms with E-state index in [1.165, 1.54) is 5.39 Å². The van der Waals surface area contributed by atoms with Gasteiger partial charge in [-0.05, 0) is 47.9 Å². The highest BCUT2D eigenvalue weighted by molar-refractivity contribution is 6.31. The molecule has 6 heteroatoms. The van der Waals surface area contributed by atoms with Gasteiger partial charge in [0.05, 0.1) is 0 Å². The van der Waals surface area contributed by atoms with Crippen molar-refractivity contribution in [1.82, 2.24) is 14.9 Å². The molecule has 0 aliphatic carbocycles. The fourth-order valence-corrected chi connectivity index (χ4v) is 3.92. The maximum absolute atomic E-state index is 12.6. The van der Waals surface area contributed by atoms with Gasteiger partial charge < -0.3 is 15.2 Å². The van der Waals surface area contributed by atoms with Crippen LogP contribution in [0.3, 0.4) is 0 Å². The molecule has 0 aliphatic heterocycles. The molecule has 0 saturated heterocycles. The topological polar surface area (TPSA) is 59.0 Å². The quantitative estimate of drug-likeness (QED) is 0.450. The molecule has 0 fully saturated rings. The third-order valence-corrected chi connectivity index (χ3v) is 5.78. The lowest BCUT2D eigenvalue weighted by Gasteiger charge is -2.18. The average Bonchev–Trinajstić information content (AvgIpc) is 3.09. The molecule has 30 heavy (non-hydrogen) atoms. The summed E-state index contributed by atoms with van der Waals surface area (Å²) in [5.41, 5.74) is 4.89. The molecule has 0 spiro atoms. The number of urea groups is 1. The molecule has 152 valence electrons. The van der Waals surface area contributed by atoms with Crippen LogP contribution in [0.2, 0.25) is 5.02 Å². The van der Waals surface area contributed by atoms with Gasteiger partial charge in [-0.1, -0.05) is 41.9 Å². The fourth-order valence-electron chi connectivity index (χ4n) is 3.74. The monoisotopic (exact) mass is 418 g/mol. The predicted molar refractivity (Wildman–Crippen MR) is 122 cm³/mol. The molecule has 2 heterocycles. The summed E-state index contributed by atoms with van der Waals surface area (Å²) in [5.74, 6) is -0.0315. The number of anilines is 1. The van der Waals surface area contributed by atoms with E-state index in [0.717, 1.165) is 22.2 Å². The van der Waals surface area contributed by atoms with Crippen LogP contribution in [0, 0.1) is 6.92 Å². The second kappa shape index (κ2) is 8.59. The van der Waals surface area contributed by atoms with Crippen LogP contribution >= 0.6 is 11.6 Å². The van der Waals surface area contributed by atoms with E-state index in [1.807, 2.05) is 56.6 Å². The van der Waals surface area contributed by atoms with E-state index in [9.17, 15) is 4.79 Å². The van der Waals surface area contributed by atoms with Crippen LogP contribution in [-0.4, -0.2) is 22.1 Å². The molecule has 2 aromatic carbocycles. The number of nitrogens with one attached hydrogen (secondary N) is 2. The summed E-state index contributed by atoms with van der Waals surface area (Å²) in [6, 6.07) is 17.4. The number of hydrogen-bond donors (Lipinski definition) is 2. The number of benzene rings is 2. The zero-order valence-electron chi connectivity index (χ0n) is 16.9. The van der Waals surface area contributed by atoms with Crippen LogP contribution in [0.5, 0.6) is 0 Å². The number of hydrogen-bond acceptors (Lipinski definition) is 2. The number of pyridine rings is 1.